The molecular formula is C21H21N3O3. The number of imide groups is 1. The van der Waals surface area contributed by atoms with Gasteiger partial charge < -0.3 is 10.1 Å². The normalized spacial score (nSPS) is 19.0. The SMILES string of the molecule is Cc1cccc(C)c1OCCN1C(=O)NC(C)(c2ccc(C#N)cc2)C1=O. The summed E-state index contributed by atoms with van der Waals surface area (Å²) in [5, 5.41) is 11.7. The van der Waals surface area contributed by atoms with Crippen LogP contribution in [0.5, 0.6) is 5.75 Å². The van der Waals surface area contributed by atoms with E-state index in [2.05, 4.69) is 5.32 Å². The van der Waals surface area contributed by atoms with Gasteiger partial charge in [0, 0.05) is 0 Å². The van der Waals surface area contributed by atoms with E-state index in [4.69, 9.17) is 10.00 Å². The average Bonchev–Trinajstić information content (AvgIpc) is 2.88. The lowest BCUT2D eigenvalue weighted by molar-refractivity contribution is -0.131. The van der Waals surface area contributed by atoms with Crippen LogP contribution in [0, 0.1) is 25.2 Å². The number of urea groups is 1. The van der Waals surface area contributed by atoms with Gasteiger partial charge in [0.15, 0.2) is 0 Å². The number of carbonyl (C=O) groups is 2. The summed E-state index contributed by atoms with van der Waals surface area (Å²) in [5.74, 6) is 0.446. The minimum atomic E-state index is -1.15. The standard InChI is InChI=1S/C21H21N3O3/c1-14-5-4-6-15(2)18(14)27-12-11-24-19(25)21(3,23-20(24)26)17-9-7-16(13-22)8-10-17/h4-10H,11-12H2,1-3H3,(H,23,26). The zero-order valence-corrected chi connectivity index (χ0v) is 15.6. The van der Waals surface area contributed by atoms with Gasteiger partial charge in [0.05, 0.1) is 18.2 Å². The van der Waals surface area contributed by atoms with Crippen LogP contribution in [0.2, 0.25) is 0 Å². The molecular weight excluding hydrogens is 342 g/mol. The van der Waals surface area contributed by atoms with Gasteiger partial charge in [-0.1, -0.05) is 30.3 Å². The Morgan fingerprint density at radius 1 is 1.11 bits per heavy atom. The molecule has 0 spiro atoms. The quantitative estimate of drug-likeness (QED) is 0.828. The van der Waals surface area contributed by atoms with Crippen LogP contribution < -0.4 is 10.1 Å². The number of para-hydroxylation sites is 1. The van der Waals surface area contributed by atoms with E-state index in [0.29, 0.717) is 11.1 Å². The Morgan fingerprint density at radius 3 is 2.33 bits per heavy atom. The molecule has 1 unspecified atom stereocenters. The van der Waals surface area contributed by atoms with Crippen LogP contribution in [-0.2, 0) is 10.3 Å². The number of nitrogens with one attached hydrogen (secondary N) is 1. The fourth-order valence-corrected chi connectivity index (χ4v) is 3.24. The number of hydrogen-bond acceptors (Lipinski definition) is 4. The second-order valence-electron chi connectivity index (χ2n) is 6.77. The average molecular weight is 363 g/mol. The van der Waals surface area contributed by atoms with Gasteiger partial charge in [-0.05, 0) is 49.6 Å². The lowest BCUT2D eigenvalue weighted by atomic mass is 9.91. The van der Waals surface area contributed by atoms with E-state index in [1.54, 1.807) is 31.2 Å². The Labute approximate surface area is 158 Å². The number of amides is 3. The number of carbonyl (C=O) groups excluding carboxylic acids is 2. The first kappa shape index (κ1) is 18.5. The molecule has 0 bridgehead atoms. The summed E-state index contributed by atoms with van der Waals surface area (Å²) < 4.78 is 5.82. The fraction of sp³-hybridized carbons (Fsp3) is 0.286. The Bertz CT molecular complexity index is 910. The first-order valence-corrected chi connectivity index (χ1v) is 8.70. The largest absolute Gasteiger partial charge is 0.491 e. The van der Waals surface area contributed by atoms with E-state index in [-0.39, 0.29) is 19.1 Å². The first-order valence-electron chi connectivity index (χ1n) is 8.70. The van der Waals surface area contributed by atoms with Gasteiger partial charge in [0.2, 0.25) is 0 Å². The summed E-state index contributed by atoms with van der Waals surface area (Å²) in [7, 11) is 0. The molecule has 0 saturated carbocycles. The van der Waals surface area contributed by atoms with Crippen LogP contribution in [-0.4, -0.2) is 30.0 Å². The van der Waals surface area contributed by atoms with Crippen molar-refractivity contribution < 1.29 is 14.3 Å². The van der Waals surface area contributed by atoms with Crippen LogP contribution in [0.15, 0.2) is 42.5 Å². The molecule has 1 N–H and O–H groups in total. The third-order valence-corrected chi connectivity index (χ3v) is 4.84. The molecule has 1 saturated heterocycles. The van der Waals surface area contributed by atoms with E-state index >= 15 is 0 Å². The van der Waals surface area contributed by atoms with E-state index in [0.717, 1.165) is 16.9 Å². The molecule has 1 atom stereocenters. The third kappa shape index (κ3) is 3.36. The van der Waals surface area contributed by atoms with E-state index in [1.807, 2.05) is 38.1 Å². The van der Waals surface area contributed by atoms with Gasteiger partial charge in [0.1, 0.15) is 17.9 Å². The summed E-state index contributed by atoms with van der Waals surface area (Å²) in [5.41, 5.74) is 2.00. The summed E-state index contributed by atoms with van der Waals surface area (Å²) in [6, 6.07) is 14.1. The van der Waals surface area contributed by atoms with Crippen LogP contribution in [0.4, 0.5) is 4.79 Å². The monoisotopic (exact) mass is 363 g/mol. The van der Waals surface area contributed by atoms with Crippen LogP contribution in [0.3, 0.4) is 0 Å². The minimum absolute atomic E-state index is 0.157. The van der Waals surface area contributed by atoms with Gasteiger partial charge in [-0.3, -0.25) is 9.69 Å². The Balaban J connectivity index is 1.71. The maximum atomic E-state index is 12.9. The highest BCUT2D eigenvalue weighted by atomic mass is 16.5. The Kier molecular flexibility index (Phi) is 4.87. The number of nitriles is 1. The third-order valence-electron chi connectivity index (χ3n) is 4.84. The van der Waals surface area contributed by atoms with Crippen LogP contribution in [0.25, 0.3) is 0 Å². The topological polar surface area (TPSA) is 82.4 Å². The van der Waals surface area contributed by atoms with Crippen molar-refractivity contribution in [1.29, 1.82) is 5.26 Å². The molecule has 0 radical (unpaired) electrons. The smallest absolute Gasteiger partial charge is 0.325 e. The minimum Gasteiger partial charge on any atom is -0.491 e. The first-order chi connectivity index (χ1) is 12.9. The van der Waals surface area contributed by atoms with Gasteiger partial charge in [0.25, 0.3) is 5.91 Å². The molecule has 1 aliphatic rings. The molecule has 0 aliphatic carbocycles. The maximum Gasteiger partial charge on any atom is 0.325 e. The fourth-order valence-electron chi connectivity index (χ4n) is 3.24. The van der Waals surface area contributed by atoms with E-state index in [1.165, 1.54) is 4.90 Å². The molecule has 1 heterocycles. The van der Waals surface area contributed by atoms with Crippen LogP contribution in [0.1, 0.15) is 29.2 Å². The van der Waals surface area contributed by atoms with Gasteiger partial charge >= 0.3 is 6.03 Å². The number of rotatable bonds is 5. The molecule has 3 amide bonds. The predicted molar refractivity (Wildman–Crippen MR) is 100 cm³/mol. The van der Waals surface area contributed by atoms with Crippen molar-refractivity contribution in [3.8, 4) is 11.8 Å². The Hall–Kier alpha value is -3.33. The van der Waals surface area contributed by atoms with Crippen molar-refractivity contribution in [3.63, 3.8) is 0 Å². The molecule has 1 fully saturated rings. The van der Waals surface area contributed by atoms with Crippen molar-refractivity contribution in [2.45, 2.75) is 26.3 Å². The summed E-state index contributed by atoms with van der Waals surface area (Å²) in [6.45, 7) is 5.95. The molecule has 138 valence electrons. The van der Waals surface area contributed by atoms with E-state index in [9.17, 15) is 9.59 Å². The molecule has 6 heteroatoms. The lowest BCUT2D eigenvalue weighted by Gasteiger charge is -2.22. The zero-order chi connectivity index (χ0) is 19.6. The summed E-state index contributed by atoms with van der Waals surface area (Å²) in [6.07, 6.45) is 0. The lowest BCUT2D eigenvalue weighted by Crippen LogP contribution is -2.41. The van der Waals surface area contributed by atoms with Crippen molar-refractivity contribution >= 4 is 11.9 Å². The predicted octanol–water partition coefficient (Wildman–Crippen LogP) is 3.02. The number of hydrogen-bond donors (Lipinski definition) is 1. The summed E-state index contributed by atoms with van der Waals surface area (Å²) in [4.78, 5) is 26.4. The van der Waals surface area contributed by atoms with Gasteiger partial charge in [-0.15, -0.1) is 0 Å². The second-order valence-corrected chi connectivity index (χ2v) is 6.77. The van der Waals surface area contributed by atoms with Crippen molar-refractivity contribution in [3.05, 3.63) is 64.7 Å². The van der Waals surface area contributed by atoms with Crippen LogP contribution >= 0.6 is 0 Å². The Morgan fingerprint density at radius 2 is 1.74 bits per heavy atom. The highest BCUT2D eigenvalue weighted by Crippen LogP contribution is 2.29. The molecule has 6 nitrogen and oxygen atoms in total. The number of aryl methyl sites for hydroxylation is 2. The highest BCUT2D eigenvalue weighted by molar-refractivity contribution is 6.07. The molecule has 2 aromatic rings. The second kappa shape index (κ2) is 7.12. The van der Waals surface area contributed by atoms with Crippen molar-refractivity contribution in [2.75, 3.05) is 13.2 Å². The number of ether oxygens (including phenoxy) is 1. The molecule has 2 aromatic carbocycles. The maximum absolute atomic E-state index is 12.9. The van der Waals surface area contributed by atoms with Gasteiger partial charge in [-0.2, -0.15) is 5.26 Å². The van der Waals surface area contributed by atoms with Gasteiger partial charge in [-0.25, -0.2) is 4.79 Å². The summed E-state index contributed by atoms with van der Waals surface area (Å²) >= 11 is 0. The molecule has 1 aliphatic heterocycles. The highest BCUT2D eigenvalue weighted by Gasteiger charge is 2.48. The number of nitrogens with zero attached hydrogens (tertiary/aromatic N) is 2. The van der Waals surface area contributed by atoms with Crippen molar-refractivity contribution in [2.24, 2.45) is 0 Å². The number of benzene rings is 2. The molecule has 0 aromatic heterocycles. The van der Waals surface area contributed by atoms with E-state index < -0.39 is 11.6 Å². The molecule has 27 heavy (non-hydrogen) atoms. The molecule has 3 rings (SSSR count). The zero-order valence-electron chi connectivity index (χ0n) is 15.6. The van der Waals surface area contributed by atoms with Crippen molar-refractivity contribution in [1.82, 2.24) is 10.2 Å².